The van der Waals surface area contributed by atoms with Crippen molar-refractivity contribution in [2.45, 2.75) is 38.0 Å². The minimum Gasteiger partial charge on any atom is -0.495 e. The van der Waals surface area contributed by atoms with E-state index in [0.29, 0.717) is 17.7 Å². The number of carbonyl (C=O) groups is 3. The summed E-state index contributed by atoms with van der Waals surface area (Å²) in [6.07, 6.45) is 0.570. The van der Waals surface area contributed by atoms with Gasteiger partial charge in [0.2, 0.25) is 11.8 Å². The number of imide groups is 1. The van der Waals surface area contributed by atoms with Crippen LogP contribution in [-0.2, 0) is 27.4 Å². The SMILES string of the molecule is Bc1c(B)c(C(B)Oc2cccc3c2CN(C2CCC(=O)NC2=O)C3=O)c(B)c(B)c1CN1CCOCC1. The van der Waals surface area contributed by atoms with E-state index in [0.717, 1.165) is 38.4 Å². The smallest absolute Gasteiger partial charge is 0.255 e. The molecule has 0 bridgehead atoms. The third-order valence-electron chi connectivity index (χ3n) is 8.57. The minimum absolute atomic E-state index is 0.195. The van der Waals surface area contributed by atoms with Gasteiger partial charge in [0.15, 0.2) is 7.85 Å². The maximum absolute atomic E-state index is 13.2. The minimum atomic E-state index is -0.647. The van der Waals surface area contributed by atoms with Crippen LogP contribution >= 0.6 is 0 Å². The molecule has 2 aromatic rings. The summed E-state index contributed by atoms with van der Waals surface area (Å²) in [4.78, 5) is 41.3. The van der Waals surface area contributed by atoms with Crippen molar-refractivity contribution < 1.29 is 23.9 Å². The Morgan fingerprint density at radius 3 is 2.37 bits per heavy atom. The highest BCUT2D eigenvalue weighted by atomic mass is 16.5. The molecule has 38 heavy (non-hydrogen) atoms. The average molecular weight is 509 g/mol. The Morgan fingerprint density at radius 1 is 1.03 bits per heavy atom. The molecule has 2 fully saturated rings. The van der Waals surface area contributed by atoms with Crippen molar-refractivity contribution in [3.8, 4) is 5.75 Å². The summed E-state index contributed by atoms with van der Waals surface area (Å²) in [6, 6.07) is 4.64. The summed E-state index contributed by atoms with van der Waals surface area (Å²) in [5.74, 6) is -0.239. The van der Waals surface area contributed by atoms with E-state index in [1.165, 1.54) is 33.0 Å². The van der Waals surface area contributed by atoms with Crippen LogP contribution < -0.4 is 31.9 Å². The van der Waals surface area contributed by atoms with Crippen LogP contribution in [0.15, 0.2) is 18.2 Å². The van der Waals surface area contributed by atoms with Gasteiger partial charge in [0, 0.05) is 37.2 Å². The van der Waals surface area contributed by atoms with Crippen molar-refractivity contribution in [1.29, 1.82) is 0 Å². The molecule has 2 saturated heterocycles. The van der Waals surface area contributed by atoms with Gasteiger partial charge < -0.3 is 14.4 Å². The summed E-state index contributed by atoms with van der Waals surface area (Å²) >= 11 is 0. The van der Waals surface area contributed by atoms with Gasteiger partial charge in [0.25, 0.3) is 5.91 Å². The monoisotopic (exact) mass is 509 g/mol. The van der Waals surface area contributed by atoms with Crippen LogP contribution in [0.25, 0.3) is 0 Å². The fourth-order valence-electron chi connectivity index (χ4n) is 6.17. The topological polar surface area (TPSA) is 88.2 Å². The Bertz CT molecular complexity index is 1290. The molecular weight excluding hydrogens is 476 g/mol. The molecule has 13 heteroatoms. The molecule has 2 unspecified atom stereocenters. The van der Waals surface area contributed by atoms with Crippen LogP contribution in [0.5, 0.6) is 5.75 Å². The Morgan fingerprint density at radius 2 is 1.71 bits per heavy atom. The summed E-state index contributed by atoms with van der Waals surface area (Å²) in [5.41, 5.74) is 8.96. The van der Waals surface area contributed by atoms with Crippen LogP contribution in [0, 0.1) is 0 Å². The van der Waals surface area contributed by atoms with E-state index in [-0.39, 0.29) is 30.8 Å². The average Bonchev–Trinajstić information content (AvgIpc) is 3.23. The van der Waals surface area contributed by atoms with Crippen molar-refractivity contribution in [3.05, 3.63) is 40.5 Å². The molecule has 0 saturated carbocycles. The second kappa shape index (κ2) is 10.7. The first-order valence-corrected chi connectivity index (χ1v) is 13.5. The van der Waals surface area contributed by atoms with Gasteiger partial charge in [-0.25, -0.2) is 0 Å². The fraction of sp³-hybridized carbons (Fsp3) is 0.400. The molecule has 8 nitrogen and oxygen atoms in total. The van der Waals surface area contributed by atoms with Crippen molar-refractivity contribution in [1.82, 2.24) is 15.1 Å². The number of rotatable bonds is 6. The largest absolute Gasteiger partial charge is 0.495 e. The van der Waals surface area contributed by atoms with Gasteiger partial charge in [0.1, 0.15) is 43.2 Å². The molecule has 1 N–H and O–H groups in total. The molecule has 3 heterocycles. The molecule has 3 aliphatic rings. The van der Waals surface area contributed by atoms with E-state index >= 15 is 0 Å². The molecule has 0 spiro atoms. The highest BCUT2D eigenvalue weighted by Gasteiger charge is 2.40. The first-order valence-electron chi connectivity index (χ1n) is 13.5. The Kier molecular flexibility index (Phi) is 7.51. The first-order chi connectivity index (χ1) is 18.2. The first kappa shape index (κ1) is 26.7. The predicted octanol–water partition coefficient (Wildman–Crippen LogP) is -5.98. The summed E-state index contributed by atoms with van der Waals surface area (Å²) in [5, 5.41) is 2.36. The zero-order valence-corrected chi connectivity index (χ0v) is 23.0. The molecule has 3 amide bonds. The number of morpholine rings is 1. The standard InChI is InChI=1S/C25H32B5N3O5/c26-19-14(10-32-6-8-37-9-7-32)20(27)22(29)18(21(19)28)23(30)38-16-3-1-2-12-13(16)11-33(25(12)36)15-4-5-17(34)31-24(15)35/h1-3,15,23H,4-11,26-30H2,(H,31,34,35). The maximum atomic E-state index is 13.2. The molecule has 5 rings (SSSR count). The van der Waals surface area contributed by atoms with Gasteiger partial charge in [0.05, 0.1) is 25.8 Å². The second-order valence-electron chi connectivity index (χ2n) is 10.7. The van der Waals surface area contributed by atoms with Crippen molar-refractivity contribution in [2.75, 3.05) is 26.3 Å². The lowest BCUT2D eigenvalue weighted by Gasteiger charge is -2.31. The number of nitrogens with zero attached hydrogens (tertiary/aromatic N) is 2. The number of ether oxygens (including phenoxy) is 2. The lowest BCUT2D eigenvalue weighted by Crippen LogP contribution is -2.52. The van der Waals surface area contributed by atoms with Gasteiger partial charge in [-0.2, -0.15) is 0 Å². The number of nitrogens with one attached hydrogen (secondary N) is 1. The zero-order valence-electron chi connectivity index (χ0n) is 23.0. The number of hydrogen-bond donors (Lipinski definition) is 1. The quantitative estimate of drug-likeness (QED) is 0.309. The number of hydrogen-bond acceptors (Lipinski definition) is 6. The molecule has 192 valence electrons. The normalized spacial score (nSPS) is 20.8. The summed E-state index contributed by atoms with van der Waals surface area (Å²) in [6.45, 7) is 4.67. The molecule has 2 aromatic carbocycles. The van der Waals surface area contributed by atoms with E-state index < -0.39 is 11.9 Å². The third kappa shape index (κ3) is 4.82. The van der Waals surface area contributed by atoms with Crippen LogP contribution in [0.1, 0.15) is 45.9 Å². The van der Waals surface area contributed by atoms with Crippen LogP contribution in [0.2, 0.25) is 0 Å². The van der Waals surface area contributed by atoms with Gasteiger partial charge in [-0.15, -0.1) is 0 Å². The van der Waals surface area contributed by atoms with Crippen molar-refractivity contribution in [2.24, 2.45) is 0 Å². The maximum Gasteiger partial charge on any atom is 0.255 e. The Labute approximate surface area is 228 Å². The predicted molar refractivity (Wildman–Crippen MR) is 160 cm³/mol. The van der Waals surface area contributed by atoms with E-state index in [1.807, 2.05) is 12.1 Å². The number of piperidine rings is 1. The zero-order chi connectivity index (χ0) is 27.1. The number of amides is 3. The van der Waals surface area contributed by atoms with Crippen LogP contribution in [0.3, 0.4) is 0 Å². The highest BCUT2D eigenvalue weighted by molar-refractivity contribution is 6.58. The third-order valence-corrected chi connectivity index (χ3v) is 8.57. The Hall–Kier alpha value is -2.91. The number of fused-ring (bicyclic) bond motifs is 1. The molecule has 2 atom stereocenters. The highest BCUT2D eigenvalue weighted by Crippen LogP contribution is 2.35. The summed E-state index contributed by atoms with van der Waals surface area (Å²) < 4.78 is 12.1. The molecule has 0 aromatic heterocycles. The Balaban J connectivity index is 1.39. The molecular formula is C25H32B5N3O5. The lowest BCUT2D eigenvalue weighted by atomic mass is 9.62. The van der Waals surface area contributed by atoms with Crippen LogP contribution in [-0.4, -0.2) is 99.1 Å². The van der Waals surface area contributed by atoms with Crippen molar-refractivity contribution in [3.63, 3.8) is 0 Å². The van der Waals surface area contributed by atoms with Gasteiger partial charge in [-0.05, 0) is 29.7 Å². The lowest BCUT2D eigenvalue weighted by molar-refractivity contribution is -0.136. The van der Waals surface area contributed by atoms with Crippen LogP contribution in [0.4, 0.5) is 0 Å². The van der Waals surface area contributed by atoms with E-state index in [9.17, 15) is 14.4 Å². The fourth-order valence-corrected chi connectivity index (χ4v) is 6.17. The van der Waals surface area contributed by atoms with Crippen molar-refractivity contribution >= 4 is 78.8 Å². The van der Waals surface area contributed by atoms with Gasteiger partial charge in [-0.1, -0.05) is 27.9 Å². The molecule has 3 aliphatic heterocycles. The van der Waals surface area contributed by atoms with Gasteiger partial charge >= 0.3 is 0 Å². The van der Waals surface area contributed by atoms with E-state index in [4.69, 9.17) is 9.47 Å². The van der Waals surface area contributed by atoms with Gasteiger partial charge in [-0.3, -0.25) is 24.6 Å². The number of carbonyl (C=O) groups excluding carboxylic acids is 3. The molecule has 0 radical (unpaired) electrons. The van der Waals surface area contributed by atoms with E-state index in [1.54, 1.807) is 11.0 Å². The number of benzene rings is 2. The summed E-state index contributed by atoms with van der Waals surface area (Å²) in [7, 11) is 10.8. The molecule has 0 aliphatic carbocycles. The second-order valence-corrected chi connectivity index (χ2v) is 10.7. The van der Waals surface area contributed by atoms with E-state index in [2.05, 4.69) is 49.4 Å².